The van der Waals surface area contributed by atoms with Crippen molar-refractivity contribution in [2.75, 3.05) is 12.3 Å². The number of aromatic carboxylic acids is 1. The average molecular weight is 263 g/mol. The van der Waals surface area contributed by atoms with Crippen molar-refractivity contribution in [2.45, 2.75) is 38.7 Å². The van der Waals surface area contributed by atoms with E-state index in [0.29, 0.717) is 30.4 Å². The number of nitrogens with two attached hydrogens (primary N) is 1. The number of carboxylic acid groups (broad SMARTS) is 1. The van der Waals surface area contributed by atoms with E-state index >= 15 is 0 Å². The minimum Gasteiger partial charge on any atom is -0.478 e. The maximum absolute atomic E-state index is 11.2. The predicted molar refractivity (Wildman–Crippen MR) is 74.0 cm³/mol. The molecule has 3 N–H and O–H groups in total. The lowest BCUT2D eigenvalue weighted by Crippen LogP contribution is -2.14. The van der Waals surface area contributed by atoms with Crippen LogP contribution in [-0.2, 0) is 11.3 Å². The van der Waals surface area contributed by atoms with Gasteiger partial charge in [0.1, 0.15) is 0 Å². The maximum Gasteiger partial charge on any atom is 0.338 e. The Labute approximate surface area is 113 Å². The molecule has 0 aromatic heterocycles. The fraction of sp³-hybridized carbons (Fsp3) is 0.533. The van der Waals surface area contributed by atoms with Crippen molar-refractivity contribution in [3.8, 4) is 0 Å². The summed E-state index contributed by atoms with van der Waals surface area (Å²) in [7, 11) is 0. The number of ether oxygens (including phenoxy) is 1. The van der Waals surface area contributed by atoms with Gasteiger partial charge >= 0.3 is 5.97 Å². The first-order valence-electron chi connectivity index (χ1n) is 6.87. The molecule has 1 fully saturated rings. The van der Waals surface area contributed by atoms with Gasteiger partial charge in [0.25, 0.3) is 0 Å². The monoisotopic (exact) mass is 263 g/mol. The van der Waals surface area contributed by atoms with Gasteiger partial charge in [-0.05, 0) is 30.4 Å². The Hall–Kier alpha value is -1.55. The SMILES string of the molecule is Nc1cccc(COCC2CCCCC2)c1C(=O)O. The highest BCUT2D eigenvalue weighted by atomic mass is 16.5. The molecule has 4 nitrogen and oxygen atoms in total. The molecule has 0 aliphatic heterocycles. The largest absolute Gasteiger partial charge is 0.478 e. The Kier molecular flexibility index (Phi) is 4.80. The summed E-state index contributed by atoms with van der Waals surface area (Å²) in [5, 5.41) is 9.16. The molecule has 1 saturated carbocycles. The Morgan fingerprint density at radius 3 is 2.74 bits per heavy atom. The molecule has 0 heterocycles. The molecule has 4 heteroatoms. The van der Waals surface area contributed by atoms with Crippen molar-refractivity contribution < 1.29 is 14.6 Å². The molecule has 104 valence electrons. The summed E-state index contributed by atoms with van der Waals surface area (Å²) in [5.41, 5.74) is 6.83. The average Bonchev–Trinajstić information content (AvgIpc) is 2.39. The second-order valence-corrected chi connectivity index (χ2v) is 5.21. The number of benzene rings is 1. The number of hydrogen-bond acceptors (Lipinski definition) is 3. The van der Waals surface area contributed by atoms with Crippen LogP contribution < -0.4 is 5.73 Å². The van der Waals surface area contributed by atoms with E-state index in [1.54, 1.807) is 18.2 Å². The lowest BCUT2D eigenvalue weighted by atomic mass is 9.90. The molecule has 0 atom stereocenters. The van der Waals surface area contributed by atoms with Crippen LogP contribution in [0.3, 0.4) is 0 Å². The molecule has 19 heavy (non-hydrogen) atoms. The minimum atomic E-state index is -0.991. The zero-order valence-electron chi connectivity index (χ0n) is 11.1. The second kappa shape index (κ2) is 6.57. The third kappa shape index (κ3) is 3.70. The lowest BCUT2D eigenvalue weighted by Gasteiger charge is -2.21. The van der Waals surface area contributed by atoms with Crippen LogP contribution >= 0.6 is 0 Å². The topological polar surface area (TPSA) is 72.5 Å². The van der Waals surface area contributed by atoms with Crippen LogP contribution in [0.15, 0.2) is 18.2 Å². The Balaban J connectivity index is 1.92. The van der Waals surface area contributed by atoms with Crippen LogP contribution in [-0.4, -0.2) is 17.7 Å². The van der Waals surface area contributed by atoms with Crippen LogP contribution in [0.5, 0.6) is 0 Å². The Morgan fingerprint density at radius 1 is 1.32 bits per heavy atom. The van der Waals surface area contributed by atoms with Crippen LogP contribution in [0.2, 0.25) is 0 Å². The number of carboxylic acids is 1. The van der Waals surface area contributed by atoms with Crippen LogP contribution in [0.4, 0.5) is 5.69 Å². The zero-order chi connectivity index (χ0) is 13.7. The molecule has 2 rings (SSSR count). The highest BCUT2D eigenvalue weighted by molar-refractivity contribution is 5.95. The molecule has 1 aliphatic rings. The number of anilines is 1. The molecule has 0 radical (unpaired) electrons. The molecule has 0 spiro atoms. The van der Waals surface area contributed by atoms with E-state index in [9.17, 15) is 4.79 Å². The summed E-state index contributed by atoms with van der Waals surface area (Å²) >= 11 is 0. The Bertz CT molecular complexity index is 439. The number of rotatable bonds is 5. The van der Waals surface area contributed by atoms with E-state index in [1.165, 1.54) is 32.1 Å². The smallest absolute Gasteiger partial charge is 0.338 e. The summed E-state index contributed by atoms with van der Waals surface area (Å²) < 4.78 is 5.69. The number of nitrogen functional groups attached to an aromatic ring is 1. The van der Waals surface area contributed by atoms with Gasteiger partial charge in [0.15, 0.2) is 0 Å². The highest BCUT2D eigenvalue weighted by Crippen LogP contribution is 2.24. The van der Waals surface area contributed by atoms with Crippen LogP contribution in [0.1, 0.15) is 48.0 Å². The molecule has 1 aromatic carbocycles. The van der Waals surface area contributed by atoms with Gasteiger partial charge in [0.05, 0.1) is 12.2 Å². The summed E-state index contributed by atoms with van der Waals surface area (Å²) in [5.74, 6) is -0.363. The third-order valence-corrected chi connectivity index (χ3v) is 3.73. The van der Waals surface area contributed by atoms with E-state index in [-0.39, 0.29) is 5.56 Å². The van der Waals surface area contributed by atoms with Crippen molar-refractivity contribution in [2.24, 2.45) is 5.92 Å². The van der Waals surface area contributed by atoms with Gasteiger partial charge in [-0.3, -0.25) is 0 Å². The van der Waals surface area contributed by atoms with Crippen LogP contribution in [0.25, 0.3) is 0 Å². The van der Waals surface area contributed by atoms with E-state index in [0.717, 1.165) is 0 Å². The minimum absolute atomic E-state index is 0.172. The fourth-order valence-electron chi connectivity index (χ4n) is 2.69. The normalized spacial score (nSPS) is 16.4. The van der Waals surface area contributed by atoms with Crippen molar-refractivity contribution in [1.82, 2.24) is 0 Å². The molecule has 0 unspecified atom stereocenters. The van der Waals surface area contributed by atoms with Crippen molar-refractivity contribution in [1.29, 1.82) is 0 Å². The summed E-state index contributed by atoms with van der Waals surface area (Å²) in [6.45, 7) is 1.04. The first kappa shape index (κ1) is 13.9. The molecular formula is C15H21NO3. The van der Waals surface area contributed by atoms with E-state index in [1.807, 2.05) is 0 Å². The van der Waals surface area contributed by atoms with Gasteiger partial charge in [0.2, 0.25) is 0 Å². The van der Waals surface area contributed by atoms with Crippen molar-refractivity contribution >= 4 is 11.7 Å². The van der Waals surface area contributed by atoms with Crippen molar-refractivity contribution in [3.05, 3.63) is 29.3 Å². The van der Waals surface area contributed by atoms with E-state index < -0.39 is 5.97 Å². The first-order chi connectivity index (χ1) is 9.18. The number of carbonyl (C=O) groups is 1. The maximum atomic E-state index is 11.2. The second-order valence-electron chi connectivity index (χ2n) is 5.21. The van der Waals surface area contributed by atoms with Gasteiger partial charge in [-0.15, -0.1) is 0 Å². The summed E-state index contributed by atoms with van der Waals surface area (Å²) in [6, 6.07) is 5.13. The Morgan fingerprint density at radius 2 is 2.05 bits per heavy atom. The quantitative estimate of drug-likeness (QED) is 0.801. The standard InChI is InChI=1S/C15H21NO3/c16-13-8-4-7-12(14(13)15(17)18)10-19-9-11-5-2-1-3-6-11/h4,7-8,11H,1-3,5-6,9-10,16H2,(H,17,18). The molecule has 1 aliphatic carbocycles. The molecule has 1 aromatic rings. The van der Waals surface area contributed by atoms with Gasteiger partial charge in [-0.1, -0.05) is 31.4 Å². The molecule has 0 bridgehead atoms. The van der Waals surface area contributed by atoms with E-state index in [4.69, 9.17) is 15.6 Å². The third-order valence-electron chi connectivity index (χ3n) is 3.73. The summed E-state index contributed by atoms with van der Waals surface area (Å²) in [4.78, 5) is 11.2. The van der Waals surface area contributed by atoms with Gasteiger partial charge in [-0.25, -0.2) is 4.79 Å². The summed E-state index contributed by atoms with van der Waals surface area (Å²) in [6.07, 6.45) is 6.35. The first-order valence-corrected chi connectivity index (χ1v) is 6.87. The number of hydrogen-bond donors (Lipinski definition) is 2. The fourth-order valence-corrected chi connectivity index (χ4v) is 2.69. The predicted octanol–water partition coefficient (Wildman–Crippen LogP) is 3.06. The van der Waals surface area contributed by atoms with Gasteiger partial charge in [-0.2, -0.15) is 0 Å². The molecule has 0 saturated heterocycles. The van der Waals surface area contributed by atoms with Crippen molar-refractivity contribution in [3.63, 3.8) is 0 Å². The molecular weight excluding hydrogens is 242 g/mol. The lowest BCUT2D eigenvalue weighted by molar-refractivity contribution is 0.0654. The van der Waals surface area contributed by atoms with Gasteiger partial charge < -0.3 is 15.6 Å². The van der Waals surface area contributed by atoms with Crippen LogP contribution in [0, 0.1) is 5.92 Å². The zero-order valence-corrected chi connectivity index (χ0v) is 11.1. The molecule has 0 amide bonds. The van der Waals surface area contributed by atoms with E-state index in [2.05, 4.69) is 0 Å². The highest BCUT2D eigenvalue weighted by Gasteiger charge is 2.16. The van der Waals surface area contributed by atoms with Gasteiger partial charge in [0, 0.05) is 12.3 Å².